The number of rotatable bonds is 9. The Morgan fingerprint density at radius 1 is 1.30 bits per heavy atom. The van der Waals surface area contributed by atoms with Crippen LogP contribution in [-0.4, -0.2) is 29.4 Å². The fourth-order valence-electron chi connectivity index (χ4n) is 2.29. The number of hydrogen-bond acceptors (Lipinski definition) is 4. The van der Waals surface area contributed by atoms with E-state index in [9.17, 15) is 19.5 Å². The molecule has 0 spiro atoms. The van der Waals surface area contributed by atoms with Gasteiger partial charge in [-0.05, 0) is 23.8 Å². The molecule has 1 aromatic rings. The molecule has 3 N–H and O–H groups in total. The summed E-state index contributed by atoms with van der Waals surface area (Å²) in [5, 5.41) is 16.5. The van der Waals surface area contributed by atoms with Crippen molar-refractivity contribution in [1.29, 1.82) is 0 Å². The van der Waals surface area contributed by atoms with Crippen molar-refractivity contribution in [3.8, 4) is 0 Å². The van der Waals surface area contributed by atoms with E-state index in [1.807, 2.05) is 31.4 Å². The first-order valence-corrected chi connectivity index (χ1v) is 8.47. The SMILES string of the molecule is CC(=O)NC(CC(=O)NCC(CC(C)C)C(=O)O)c1cccs1. The topological polar surface area (TPSA) is 95.5 Å². The van der Waals surface area contributed by atoms with Crippen LogP contribution in [0.4, 0.5) is 0 Å². The van der Waals surface area contributed by atoms with Crippen molar-refractivity contribution in [1.82, 2.24) is 10.6 Å². The van der Waals surface area contributed by atoms with E-state index in [0.29, 0.717) is 6.42 Å². The van der Waals surface area contributed by atoms with Gasteiger partial charge in [0, 0.05) is 18.3 Å². The van der Waals surface area contributed by atoms with Crippen LogP contribution in [0.2, 0.25) is 0 Å². The van der Waals surface area contributed by atoms with Crippen molar-refractivity contribution < 1.29 is 19.5 Å². The van der Waals surface area contributed by atoms with Crippen LogP contribution in [0.25, 0.3) is 0 Å². The Kier molecular flexibility index (Phi) is 7.74. The molecule has 2 amide bonds. The van der Waals surface area contributed by atoms with Gasteiger partial charge in [-0.1, -0.05) is 19.9 Å². The highest BCUT2D eigenvalue weighted by molar-refractivity contribution is 7.10. The average Bonchev–Trinajstić information content (AvgIpc) is 2.95. The Hall–Kier alpha value is -1.89. The smallest absolute Gasteiger partial charge is 0.308 e. The third kappa shape index (κ3) is 7.27. The molecule has 2 unspecified atom stereocenters. The summed E-state index contributed by atoms with van der Waals surface area (Å²) in [6.45, 7) is 5.40. The number of aliphatic carboxylic acids is 1. The lowest BCUT2D eigenvalue weighted by atomic mass is 9.97. The van der Waals surface area contributed by atoms with Gasteiger partial charge in [0.05, 0.1) is 18.4 Å². The number of carboxylic acid groups (broad SMARTS) is 1. The van der Waals surface area contributed by atoms with Crippen molar-refractivity contribution in [2.45, 2.75) is 39.7 Å². The zero-order valence-electron chi connectivity index (χ0n) is 13.7. The van der Waals surface area contributed by atoms with Gasteiger partial charge in [0.2, 0.25) is 11.8 Å². The van der Waals surface area contributed by atoms with Gasteiger partial charge in [-0.15, -0.1) is 11.3 Å². The lowest BCUT2D eigenvalue weighted by Gasteiger charge is -2.18. The van der Waals surface area contributed by atoms with Crippen molar-refractivity contribution in [3.63, 3.8) is 0 Å². The predicted octanol–water partition coefficient (Wildman–Crippen LogP) is 2.18. The van der Waals surface area contributed by atoms with Crippen LogP contribution in [0.15, 0.2) is 17.5 Å². The van der Waals surface area contributed by atoms with E-state index >= 15 is 0 Å². The van der Waals surface area contributed by atoms with Gasteiger partial charge in [-0.25, -0.2) is 0 Å². The second-order valence-corrected chi connectivity index (χ2v) is 6.92. The lowest BCUT2D eigenvalue weighted by Crippen LogP contribution is -2.36. The molecule has 1 heterocycles. The molecule has 0 radical (unpaired) electrons. The molecule has 7 heteroatoms. The van der Waals surface area contributed by atoms with Crippen molar-refractivity contribution >= 4 is 29.1 Å². The number of nitrogens with one attached hydrogen (secondary N) is 2. The van der Waals surface area contributed by atoms with Gasteiger partial charge in [-0.2, -0.15) is 0 Å². The maximum Gasteiger partial charge on any atom is 0.308 e. The first-order chi connectivity index (χ1) is 10.8. The quantitative estimate of drug-likeness (QED) is 0.642. The highest BCUT2D eigenvalue weighted by Gasteiger charge is 2.22. The molecule has 0 aliphatic carbocycles. The highest BCUT2D eigenvalue weighted by atomic mass is 32.1. The van der Waals surface area contributed by atoms with E-state index in [1.54, 1.807) is 0 Å². The second-order valence-electron chi connectivity index (χ2n) is 5.94. The van der Waals surface area contributed by atoms with Crippen LogP contribution >= 0.6 is 11.3 Å². The predicted molar refractivity (Wildman–Crippen MR) is 89.1 cm³/mol. The Morgan fingerprint density at radius 2 is 2.00 bits per heavy atom. The van der Waals surface area contributed by atoms with Gasteiger partial charge in [0.15, 0.2) is 0 Å². The minimum absolute atomic E-state index is 0.0914. The zero-order chi connectivity index (χ0) is 17.4. The molecule has 0 aromatic carbocycles. The van der Waals surface area contributed by atoms with Gasteiger partial charge in [0.1, 0.15) is 0 Å². The van der Waals surface area contributed by atoms with Crippen molar-refractivity contribution in [2.75, 3.05) is 6.54 Å². The molecule has 0 saturated heterocycles. The van der Waals surface area contributed by atoms with E-state index in [0.717, 1.165) is 4.88 Å². The van der Waals surface area contributed by atoms with Gasteiger partial charge in [-0.3, -0.25) is 14.4 Å². The first-order valence-electron chi connectivity index (χ1n) is 7.59. The summed E-state index contributed by atoms with van der Waals surface area (Å²) in [6, 6.07) is 3.33. The minimum Gasteiger partial charge on any atom is -0.481 e. The number of hydrogen-bond donors (Lipinski definition) is 3. The molecular formula is C16H24N2O4S. The van der Waals surface area contributed by atoms with E-state index in [4.69, 9.17) is 0 Å². The van der Waals surface area contributed by atoms with E-state index in [-0.39, 0.29) is 36.7 Å². The lowest BCUT2D eigenvalue weighted by molar-refractivity contribution is -0.142. The van der Waals surface area contributed by atoms with Crippen LogP contribution in [0, 0.1) is 11.8 Å². The molecule has 1 rings (SSSR count). The Bertz CT molecular complexity index is 528. The molecule has 23 heavy (non-hydrogen) atoms. The molecule has 0 aliphatic rings. The third-order valence-electron chi connectivity index (χ3n) is 3.30. The molecule has 128 valence electrons. The summed E-state index contributed by atoms with van der Waals surface area (Å²) in [7, 11) is 0. The molecule has 2 atom stereocenters. The summed E-state index contributed by atoms with van der Waals surface area (Å²) >= 11 is 1.46. The number of thiophene rings is 1. The summed E-state index contributed by atoms with van der Waals surface area (Å²) < 4.78 is 0. The zero-order valence-corrected chi connectivity index (χ0v) is 14.5. The largest absolute Gasteiger partial charge is 0.481 e. The fraction of sp³-hybridized carbons (Fsp3) is 0.562. The Morgan fingerprint density at radius 3 is 2.48 bits per heavy atom. The normalized spacial score (nSPS) is 13.4. The standard InChI is InChI=1S/C16H24N2O4S/c1-10(2)7-12(16(21)22)9-17-15(20)8-13(18-11(3)19)14-5-4-6-23-14/h4-6,10,12-13H,7-9H2,1-3H3,(H,17,20)(H,18,19)(H,21,22). The Labute approximate surface area is 140 Å². The molecule has 6 nitrogen and oxygen atoms in total. The van der Waals surface area contributed by atoms with Crippen LogP contribution in [0.1, 0.15) is 44.5 Å². The van der Waals surface area contributed by atoms with Gasteiger partial charge >= 0.3 is 5.97 Å². The van der Waals surface area contributed by atoms with Crippen LogP contribution in [-0.2, 0) is 14.4 Å². The summed E-state index contributed by atoms with van der Waals surface area (Å²) in [4.78, 5) is 35.5. The minimum atomic E-state index is -0.907. The molecule has 0 saturated carbocycles. The summed E-state index contributed by atoms with van der Waals surface area (Å²) in [5.41, 5.74) is 0. The van der Waals surface area contributed by atoms with E-state index in [2.05, 4.69) is 10.6 Å². The van der Waals surface area contributed by atoms with Crippen LogP contribution < -0.4 is 10.6 Å². The van der Waals surface area contributed by atoms with Crippen molar-refractivity contribution in [2.24, 2.45) is 11.8 Å². The monoisotopic (exact) mass is 340 g/mol. The highest BCUT2D eigenvalue weighted by Crippen LogP contribution is 2.22. The molecular weight excluding hydrogens is 316 g/mol. The number of carbonyl (C=O) groups excluding carboxylic acids is 2. The molecule has 0 bridgehead atoms. The molecule has 1 aromatic heterocycles. The number of amides is 2. The molecule has 0 aliphatic heterocycles. The third-order valence-corrected chi connectivity index (χ3v) is 4.29. The first kappa shape index (κ1) is 19.2. The Balaban J connectivity index is 2.58. The number of carboxylic acids is 1. The molecule has 0 fully saturated rings. The maximum absolute atomic E-state index is 12.1. The fourth-order valence-corrected chi connectivity index (χ4v) is 3.07. The van der Waals surface area contributed by atoms with Crippen LogP contribution in [0.3, 0.4) is 0 Å². The summed E-state index contributed by atoms with van der Waals surface area (Å²) in [6.07, 6.45) is 0.601. The van der Waals surface area contributed by atoms with E-state index in [1.165, 1.54) is 18.3 Å². The summed E-state index contributed by atoms with van der Waals surface area (Å²) in [5.74, 6) is -1.74. The number of carbonyl (C=O) groups is 3. The van der Waals surface area contributed by atoms with Gasteiger partial charge < -0.3 is 15.7 Å². The maximum atomic E-state index is 12.1. The van der Waals surface area contributed by atoms with Crippen LogP contribution in [0.5, 0.6) is 0 Å². The van der Waals surface area contributed by atoms with E-state index < -0.39 is 11.9 Å². The second kappa shape index (κ2) is 9.29. The van der Waals surface area contributed by atoms with Crippen molar-refractivity contribution in [3.05, 3.63) is 22.4 Å². The van der Waals surface area contributed by atoms with Gasteiger partial charge in [0.25, 0.3) is 0 Å². The average molecular weight is 340 g/mol.